The van der Waals surface area contributed by atoms with E-state index in [-0.39, 0.29) is 47.5 Å². The van der Waals surface area contributed by atoms with Crippen LogP contribution in [0.2, 0.25) is 0 Å². The van der Waals surface area contributed by atoms with Crippen LogP contribution in [0.25, 0.3) is 0 Å². The second-order valence-electron chi connectivity index (χ2n) is 8.26. The molecule has 1 fully saturated rings. The Morgan fingerprint density at radius 1 is 1.00 bits per heavy atom. The summed E-state index contributed by atoms with van der Waals surface area (Å²) in [4.78, 5) is 4.25. The zero-order valence-electron chi connectivity index (χ0n) is 18.3. The molecule has 0 spiro atoms. The number of hydrogen-bond acceptors (Lipinski definition) is 3. The quantitative estimate of drug-likeness (QED) is 0.293. The van der Waals surface area contributed by atoms with E-state index in [1.807, 2.05) is 12.1 Å². The molecule has 0 aliphatic heterocycles. The van der Waals surface area contributed by atoms with Crippen LogP contribution in [0, 0.1) is 11.6 Å². The molecule has 0 atom stereocenters. The van der Waals surface area contributed by atoms with Crippen LogP contribution in [0.4, 0.5) is 8.78 Å². The van der Waals surface area contributed by atoms with Crippen LogP contribution >= 0.6 is 24.0 Å². The van der Waals surface area contributed by atoms with E-state index in [2.05, 4.69) is 15.6 Å². The highest BCUT2D eigenvalue weighted by Gasteiger charge is 2.35. The van der Waals surface area contributed by atoms with Gasteiger partial charge in [-0.3, -0.25) is 4.99 Å². The van der Waals surface area contributed by atoms with Crippen molar-refractivity contribution in [2.45, 2.75) is 43.4 Å². The number of sulfone groups is 1. The molecular formula is C23H30F2IN3O2S. The lowest BCUT2D eigenvalue weighted by molar-refractivity contribution is 0.431. The molecule has 0 amide bonds. The van der Waals surface area contributed by atoms with Gasteiger partial charge in [-0.25, -0.2) is 17.2 Å². The maximum Gasteiger partial charge on any atom is 0.191 e. The van der Waals surface area contributed by atoms with Gasteiger partial charge in [0.15, 0.2) is 15.8 Å². The SMILES string of the molecule is CN=C(NCc1cc(F)ccc1CS(C)(=O)=O)NCC1(c2ccc(F)cc2)CCCC1.I. The standard InChI is InChI=1S/C23H29F2N3O2S.HI/c1-26-22(27-14-18-13-21(25)8-5-17(18)15-31(2,29)30)28-16-23(11-3-4-12-23)19-6-9-20(24)10-7-19;/h5-10,13H,3-4,11-12,14-16H2,1-2H3,(H2,26,27,28);1H. The highest BCUT2D eigenvalue weighted by Crippen LogP contribution is 2.40. The average Bonchev–Trinajstić information content (AvgIpc) is 3.19. The zero-order chi connectivity index (χ0) is 22.5. The molecule has 0 aromatic heterocycles. The van der Waals surface area contributed by atoms with Gasteiger partial charge in [0, 0.05) is 31.8 Å². The van der Waals surface area contributed by atoms with Gasteiger partial charge in [0.25, 0.3) is 0 Å². The molecule has 32 heavy (non-hydrogen) atoms. The van der Waals surface area contributed by atoms with Gasteiger partial charge in [-0.1, -0.05) is 31.0 Å². The summed E-state index contributed by atoms with van der Waals surface area (Å²) in [5.74, 6) is -0.271. The van der Waals surface area contributed by atoms with Gasteiger partial charge >= 0.3 is 0 Å². The van der Waals surface area contributed by atoms with E-state index in [9.17, 15) is 17.2 Å². The first-order valence-corrected chi connectivity index (χ1v) is 12.4. The Bertz CT molecular complexity index is 1040. The van der Waals surface area contributed by atoms with Crippen LogP contribution in [0.3, 0.4) is 0 Å². The van der Waals surface area contributed by atoms with Gasteiger partial charge in [-0.05, 0) is 53.8 Å². The summed E-state index contributed by atoms with van der Waals surface area (Å²) in [7, 11) is -1.59. The lowest BCUT2D eigenvalue weighted by atomic mass is 9.79. The molecule has 2 aromatic rings. The van der Waals surface area contributed by atoms with Crippen molar-refractivity contribution in [3.63, 3.8) is 0 Å². The highest BCUT2D eigenvalue weighted by molar-refractivity contribution is 14.0. The molecule has 1 aliphatic rings. The van der Waals surface area contributed by atoms with E-state index in [0.717, 1.165) is 37.5 Å². The lowest BCUT2D eigenvalue weighted by Gasteiger charge is -2.31. The van der Waals surface area contributed by atoms with E-state index in [4.69, 9.17) is 0 Å². The van der Waals surface area contributed by atoms with E-state index < -0.39 is 15.7 Å². The predicted octanol–water partition coefficient (Wildman–Crippen LogP) is 4.30. The van der Waals surface area contributed by atoms with Gasteiger partial charge in [0.1, 0.15) is 11.6 Å². The number of nitrogens with zero attached hydrogens (tertiary/aromatic N) is 1. The maximum atomic E-state index is 13.8. The van der Waals surface area contributed by atoms with Crippen LogP contribution in [0.15, 0.2) is 47.5 Å². The van der Waals surface area contributed by atoms with Crippen LogP contribution in [-0.4, -0.2) is 34.2 Å². The second-order valence-corrected chi connectivity index (χ2v) is 10.4. The summed E-state index contributed by atoms with van der Waals surface area (Å²) < 4.78 is 50.5. The van der Waals surface area contributed by atoms with Crippen LogP contribution in [-0.2, 0) is 27.5 Å². The summed E-state index contributed by atoms with van der Waals surface area (Å²) in [6, 6.07) is 10.8. The molecule has 0 unspecified atom stereocenters. The molecule has 0 heterocycles. The van der Waals surface area contributed by atoms with Crippen molar-refractivity contribution in [3.05, 3.63) is 70.8 Å². The summed E-state index contributed by atoms with van der Waals surface area (Å²) in [6.07, 6.45) is 5.40. The molecule has 0 saturated heterocycles. The Labute approximate surface area is 206 Å². The summed E-state index contributed by atoms with van der Waals surface area (Å²) >= 11 is 0. The minimum atomic E-state index is -3.24. The number of halogens is 3. The Kier molecular flexibility index (Phi) is 9.44. The number of aliphatic imine (C=N–C) groups is 1. The van der Waals surface area contributed by atoms with Gasteiger partial charge in [-0.15, -0.1) is 24.0 Å². The molecule has 2 N–H and O–H groups in total. The molecule has 1 aliphatic carbocycles. The monoisotopic (exact) mass is 577 g/mol. The maximum absolute atomic E-state index is 13.8. The zero-order valence-corrected chi connectivity index (χ0v) is 21.5. The summed E-state index contributed by atoms with van der Waals surface area (Å²) in [6.45, 7) is 0.878. The van der Waals surface area contributed by atoms with E-state index in [0.29, 0.717) is 23.6 Å². The van der Waals surface area contributed by atoms with Crippen LogP contribution in [0.5, 0.6) is 0 Å². The number of hydrogen-bond donors (Lipinski definition) is 2. The smallest absolute Gasteiger partial charge is 0.191 e. The molecule has 2 aromatic carbocycles. The molecular weight excluding hydrogens is 547 g/mol. The Hall–Kier alpha value is -1.75. The van der Waals surface area contributed by atoms with E-state index >= 15 is 0 Å². The molecule has 0 bridgehead atoms. The van der Waals surface area contributed by atoms with Crippen molar-refractivity contribution in [3.8, 4) is 0 Å². The third kappa shape index (κ3) is 7.13. The van der Waals surface area contributed by atoms with Crippen molar-refractivity contribution in [2.24, 2.45) is 4.99 Å². The fraction of sp³-hybridized carbons (Fsp3) is 0.435. The first-order valence-electron chi connectivity index (χ1n) is 10.4. The predicted molar refractivity (Wildman–Crippen MR) is 135 cm³/mol. The molecule has 9 heteroatoms. The fourth-order valence-electron chi connectivity index (χ4n) is 4.26. The Balaban J connectivity index is 0.00000363. The van der Waals surface area contributed by atoms with Crippen molar-refractivity contribution in [2.75, 3.05) is 19.8 Å². The fourth-order valence-corrected chi connectivity index (χ4v) is 5.10. The molecule has 3 rings (SSSR count). The number of benzene rings is 2. The van der Waals surface area contributed by atoms with Crippen molar-refractivity contribution >= 4 is 39.8 Å². The van der Waals surface area contributed by atoms with Crippen molar-refractivity contribution in [1.29, 1.82) is 0 Å². The molecule has 1 saturated carbocycles. The van der Waals surface area contributed by atoms with Crippen molar-refractivity contribution < 1.29 is 17.2 Å². The number of rotatable bonds is 7. The number of guanidine groups is 1. The van der Waals surface area contributed by atoms with Crippen molar-refractivity contribution in [1.82, 2.24) is 10.6 Å². The largest absolute Gasteiger partial charge is 0.356 e. The molecule has 176 valence electrons. The normalized spacial score (nSPS) is 15.8. The van der Waals surface area contributed by atoms with E-state index in [1.54, 1.807) is 7.05 Å². The third-order valence-corrected chi connectivity index (χ3v) is 6.70. The Morgan fingerprint density at radius 3 is 2.22 bits per heavy atom. The number of nitrogens with one attached hydrogen (secondary N) is 2. The third-order valence-electron chi connectivity index (χ3n) is 5.87. The van der Waals surface area contributed by atoms with E-state index in [1.165, 1.54) is 30.3 Å². The van der Waals surface area contributed by atoms with Gasteiger partial charge in [0.2, 0.25) is 0 Å². The molecule has 0 radical (unpaired) electrons. The summed E-state index contributed by atoms with van der Waals surface area (Å²) in [5.41, 5.74) is 2.15. The minimum Gasteiger partial charge on any atom is -0.356 e. The first kappa shape index (κ1) is 26.5. The van der Waals surface area contributed by atoms with Gasteiger partial charge < -0.3 is 10.6 Å². The topological polar surface area (TPSA) is 70.6 Å². The Morgan fingerprint density at radius 2 is 1.62 bits per heavy atom. The van der Waals surface area contributed by atoms with Gasteiger partial charge in [-0.2, -0.15) is 0 Å². The summed E-state index contributed by atoms with van der Waals surface area (Å²) in [5, 5.41) is 6.51. The lowest BCUT2D eigenvalue weighted by Crippen LogP contribution is -2.44. The van der Waals surface area contributed by atoms with Crippen LogP contribution in [0.1, 0.15) is 42.4 Å². The highest BCUT2D eigenvalue weighted by atomic mass is 127. The first-order chi connectivity index (χ1) is 14.7. The minimum absolute atomic E-state index is 0. The average molecular weight is 577 g/mol. The second kappa shape index (κ2) is 11.4. The molecule has 5 nitrogen and oxygen atoms in total. The van der Waals surface area contributed by atoms with Gasteiger partial charge in [0.05, 0.1) is 5.75 Å². The van der Waals surface area contributed by atoms with Crippen LogP contribution < -0.4 is 10.6 Å².